The minimum absolute atomic E-state index is 0.389. The first-order valence-electron chi connectivity index (χ1n) is 7.66. The normalized spacial score (nSPS) is 13.1. The first kappa shape index (κ1) is 17.7. The number of thiophene rings is 1. The van der Waals surface area contributed by atoms with Crippen LogP contribution in [0.25, 0.3) is 10.4 Å². The van der Waals surface area contributed by atoms with E-state index in [0.717, 1.165) is 24.5 Å². The second-order valence-corrected chi connectivity index (χ2v) is 8.65. The Hall–Kier alpha value is -2.16. The molecule has 1 unspecified atom stereocenters. The monoisotopic (exact) mass is 377 g/mol. The van der Waals surface area contributed by atoms with Gasteiger partial charge in [-0.15, -0.1) is 11.3 Å². The summed E-state index contributed by atoms with van der Waals surface area (Å²) in [5, 5.41) is 2.02. The van der Waals surface area contributed by atoms with Crippen LogP contribution >= 0.6 is 11.3 Å². The summed E-state index contributed by atoms with van der Waals surface area (Å²) in [7, 11) is -0.616. The minimum Gasteiger partial charge on any atom is -0.484 e. The van der Waals surface area contributed by atoms with Crippen molar-refractivity contribution in [1.82, 2.24) is 13.3 Å². The highest BCUT2D eigenvalue weighted by Gasteiger charge is 2.20. The number of aromatic nitrogens is 2. The molecule has 0 radical (unpaired) electrons. The molecule has 0 amide bonds. The summed E-state index contributed by atoms with van der Waals surface area (Å²) in [6.45, 7) is 1.85. The average Bonchev–Trinajstić information content (AvgIpc) is 3.27. The molecule has 3 aromatic rings. The number of ether oxygens (including phenoxy) is 1. The number of hydrogen-bond donors (Lipinski definition) is 0. The standard InChI is InChI=1S/C17H19N3O3S2/c1-13(15-11-20(12-18-15)25(21,22)19(2)3)23-16-8-5-4-7-14(16)17-9-6-10-24-17/h4-13H,1-3H3. The Kier molecular flexibility index (Phi) is 4.94. The molecule has 6 nitrogen and oxygen atoms in total. The van der Waals surface area contributed by atoms with Crippen LogP contribution in [0.3, 0.4) is 0 Å². The van der Waals surface area contributed by atoms with Crippen LogP contribution in [-0.2, 0) is 10.2 Å². The third kappa shape index (κ3) is 3.60. The van der Waals surface area contributed by atoms with E-state index in [1.807, 2.05) is 48.7 Å². The number of nitrogens with zero attached hydrogens (tertiary/aromatic N) is 3. The van der Waals surface area contributed by atoms with Crippen LogP contribution in [0, 0.1) is 0 Å². The largest absolute Gasteiger partial charge is 0.484 e. The van der Waals surface area contributed by atoms with Crippen LogP contribution in [0.2, 0.25) is 0 Å². The number of imidazole rings is 1. The van der Waals surface area contributed by atoms with Crippen LogP contribution in [0.15, 0.2) is 54.3 Å². The fourth-order valence-electron chi connectivity index (χ4n) is 2.30. The summed E-state index contributed by atoms with van der Waals surface area (Å²) in [4.78, 5) is 5.30. The summed E-state index contributed by atoms with van der Waals surface area (Å²) in [6, 6.07) is 11.8. The Morgan fingerprint density at radius 3 is 2.64 bits per heavy atom. The van der Waals surface area contributed by atoms with Gasteiger partial charge in [-0.05, 0) is 30.5 Å². The lowest BCUT2D eigenvalue weighted by Gasteiger charge is -2.15. The van der Waals surface area contributed by atoms with Crippen LogP contribution in [0.4, 0.5) is 0 Å². The van der Waals surface area contributed by atoms with E-state index in [1.54, 1.807) is 11.3 Å². The zero-order valence-corrected chi connectivity index (χ0v) is 15.8. The van der Waals surface area contributed by atoms with Gasteiger partial charge in [-0.1, -0.05) is 18.2 Å². The maximum absolute atomic E-state index is 12.1. The Labute approximate surface area is 151 Å². The van der Waals surface area contributed by atoms with E-state index < -0.39 is 10.2 Å². The fourth-order valence-corrected chi connectivity index (χ4v) is 3.84. The highest BCUT2D eigenvalue weighted by atomic mass is 32.2. The van der Waals surface area contributed by atoms with Gasteiger partial charge < -0.3 is 4.74 Å². The molecule has 1 aromatic carbocycles. The molecular formula is C17H19N3O3S2. The third-order valence-electron chi connectivity index (χ3n) is 3.70. The predicted molar refractivity (Wildman–Crippen MR) is 99.0 cm³/mol. The van der Waals surface area contributed by atoms with Crippen molar-refractivity contribution in [2.24, 2.45) is 0 Å². The fraction of sp³-hybridized carbons (Fsp3) is 0.235. The van der Waals surface area contributed by atoms with E-state index >= 15 is 0 Å². The smallest absolute Gasteiger partial charge is 0.308 e. The van der Waals surface area contributed by atoms with Gasteiger partial charge in [0.15, 0.2) is 0 Å². The van der Waals surface area contributed by atoms with Crippen molar-refractivity contribution in [3.63, 3.8) is 0 Å². The van der Waals surface area contributed by atoms with E-state index in [1.165, 1.54) is 26.6 Å². The highest BCUT2D eigenvalue weighted by Crippen LogP contribution is 2.35. The molecule has 0 spiro atoms. The van der Waals surface area contributed by atoms with Gasteiger partial charge in [-0.25, -0.2) is 8.96 Å². The second kappa shape index (κ2) is 6.99. The zero-order chi connectivity index (χ0) is 18.0. The Bertz CT molecular complexity index is 947. The first-order valence-corrected chi connectivity index (χ1v) is 9.93. The molecule has 2 aromatic heterocycles. The molecule has 1 atom stereocenters. The number of para-hydroxylation sites is 1. The Balaban J connectivity index is 1.85. The SMILES string of the molecule is CC(Oc1ccccc1-c1cccs1)c1cn(S(=O)(=O)N(C)C)cn1. The Morgan fingerprint density at radius 2 is 1.96 bits per heavy atom. The molecule has 0 saturated heterocycles. The van der Waals surface area contributed by atoms with Crippen molar-refractivity contribution >= 4 is 21.5 Å². The summed E-state index contributed by atoms with van der Waals surface area (Å²) in [5.41, 5.74) is 1.55. The van der Waals surface area contributed by atoms with Crippen molar-refractivity contribution in [3.05, 3.63) is 60.0 Å². The van der Waals surface area contributed by atoms with Gasteiger partial charge in [-0.2, -0.15) is 12.7 Å². The molecule has 0 N–H and O–H groups in total. The lowest BCUT2D eigenvalue weighted by atomic mass is 10.1. The van der Waals surface area contributed by atoms with Crippen molar-refractivity contribution in [1.29, 1.82) is 0 Å². The van der Waals surface area contributed by atoms with Crippen LogP contribution in [0.5, 0.6) is 5.75 Å². The van der Waals surface area contributed by atoms with Gasteiger partial charge in [0.05, 0.1) is 5.69 Å². The van der Waals surface area contributed by atoms with E-state index in [4.69, 9.17) is 4.74 Å². The molecule has 3 rings (SSSR count). The van der Waals surface area contributed by atoms with Crippen LogP contribution in [-0.4, -0.2) is 35.8 Å². The van der Waals surface area contributed by atoms with Gasteiger partial charge >= 0.3 is 10.2 Å². The topological polar surface area (TPSA) is 64.4 Å². The van der Waals surface area contributed by atoms with Crippen molar-refractivity contribution in [3.8, 4) is 16.2 Å². The average molecular weight is 377 g/mol. The quantitative estimate of drug-likeness (QED) is 0.660. The molecule has 25 heavy (non-hydrogen) atoms. The molecule has 0 saturated carbocycles. The Morgan fingerprint density at radius 1 is 1.20 bits per heavy atom. The summed E-state index contributed by atoms with van der Waals surface area (Å²) in [5.74, 6) is 0.738. The van der Waals surface area contributed by atoms with Gasteiger partial charge in [0, 0.05) is 30.7 Å². The summed E-state index contributed by atoms with van der Waals surface area (Å²) in [6.07, 6.45) is 2.38. The van der Waals surface area contributed by atoms with Gasteiger partial charge in [0.2, 0.25) is 0 Å². The molecule has 0 aliphatic carbocycles. The van der Waals surface area contributed by atoms with Gasteiger partial charge in [-0.3, -0.25) is 0 Å². The lowest BCUT2D eigenvalue weighted by molar-refractivity contribution is 0.223. The number of hydrogen-bond acceptors (Lipinski definition) is 5. The molecule has 0 aliphatic rings. The van der Waals surface area contributed by atoms with E-state index in [2.05, 4.69) is 4.98 Å². The zero-order valence-electron chi connectivity index (χ0n) is 14.2. The molecule has 0 fully saturated rings. The van der Waals surface area contributed by atoms with Crippen LogP contribution < -0.4 is 4.74 Å². The molecule has 8 heteroatoms. The lowest BCUT2D eigenvalue weighted by Crippen LogP contribution is -2.27. The predicted octanol–water partition coefficient (Wildman–Crippen LogP) is 3.41. The third-order valence-corrected chi connectivity index (χ3v) is 6.26. The van der Waals surface area contributed by atoms with Crippen molar-refractivity contribution in [2.75, 3.05) is 14.1 Å². The van der Waals surface area contributed by atoms with E-state index in [-0.39, 0.29) is 6.10 Å². The van der Waals surface area contributed by atoms with Crippen molar-refractivity contribution < 1.29 is 13.2 Å². The maximum Gasteiger partial charge on any atom is 0.308 e. The van der Waals surface area contributed by atoms with Gasteiger partial charge in [0.25, 0.3) is 0 Å². The first-order chi connectivity index (χ1) is 11.9. The van der Waals surface area contributed by atoms with Crippen LogP contribution in [0.1, 0.15) is 18.7 Å². The maximum atomic E-state index is 12.1. The van der Waals surface area contributed by atoms with Gasteiger partial charge in [0.1, 0.15) is 18.2 Å². The molecular weight excluding hydrogens is 358 g/mol. The number of benzene rings is 1. The molecule has 0 aliphatic heterocycles. The second-order valence-electron chi connectivity index (χ2n) is 5.65. The molecule has 0 bridgehead atoms. The van der Waals surface area contributed by atoms with E-state index in [0.29, 0.717) is 5.69 Å². The summed E-state index contributed by atoms with van der Waals surface area (Å²) < 4.78 is 32.6. The molecule has 2 heterocycles. The highest BCUT2D eigenvalue weighted by molar-refractivity contribution is 7.87. The minimum atomic E-state index is -3.57. The number of rotatable bonds is 6. The molecule has 132 valence electrons. The van der Waals surface area contributed by atoms with E-state index in [9.17, 15) is 8.42 Å². The summed E-state index contributed by atoms with van der Waals surface area (Å²) >= 11 is 1.64. The van der Waals surface area contributed by atoms with Crippen molar-refractivity contribution in [2.45, 2.75) is 13.0 Å².